The highest BCUT2D eigenvalue weighted by atomic mass is 16.7. The quantitative estimate of drug-likeness (QED) is 0.571. The molecule has 32 heavy (non-hydrogen) atoms. The van der Waals surface area contributed by atoms with Crippen LogP contribution in [0.3, 0.4) is 0 Å². The van der Waals surface area contributed by atoms with Crippen molar-refractivity contribution >= 4 is 29.5 Å². The Morgan fingerprint density at radius 1 is 1.12 bits per heavy atom. The lowest BCUT2D eigenvalue weighted by Crippen LogP contribution is -2.52. The normalized spacial score (nSPS) is 21.3. The predicted molar refractivity (Wildman–Crippen MR) is 117 cm³/mol. The van der Waals surface area contributed by atoms with Crippen LogP contribution in [0.15, 0.2) is 18.2 Å². The van der Waals surface area contributed by atoms with Crippen molar-refractivity contribution in [2.24, 2.45) is 0 Å². The Labute approximate surface area is 187 Å². The van der Waals surface area contributed by atoms with Gasteiger partial charge in [0, 0.05) is 31.6 Å². The molecule has 0 radical (unpaired) electrons. The lowest BCUT2D eigenvalue weighted by Gasteiger charge is -2.37. The second-order valence-corrected chi connectivity index (χ2v) is 9.61. The van der Waals surface area contributed by atoms with Crippen LogP contribution in [0.2, 0.25) is 0 Å². The van der Waals surface area contributed by atoms with Gasteiger partial charge in [-0.3, -0.25) is 19.7 Å². The van der Waals surface area contributed by atoms with E-state index < -0.39 is 17.5 Å². The Bertz CT molecular complexity index is 948. The first-order valence-electron chi connectivity index (χ1n) is 11.2. The van der Waals surface area contributed by atoms with Crippen molar-refractivity contribution in [3.8, 4) is 0 Å². The Morgan fingerprint density at radius 2 is 1.84 bits per heavy atom. The van der Waals surface area contributed by atoms with Crippen LogP contribution < -0.4 is 10.4 Å². The van der Waals surface area contributed by atoms with Gasteiger partial charge in [0.05, 0.1) is 11.2 Å². The highest BCUT2D eigenvalue weighted by Gasteiger charge is 2.39. The summed E-state index contributed by atoms with van der Waals surface area (Å²) in [6.45, 7) is 7.50. The van der Waals surface area contributed by atoms with Crippen molar-refractivity contribution in [1.29, 1.82) is 0 Å². The first kappa shape index (κ1) is 22.1. The molecule has 1 N–H and O–H groups in total. The van der Waals surface area contributed by atoms with Crippen molar-refractivity contribution in [3.63, 3.8) is 0 Å². The van der Waals surface area contributed by atoms with Gasteiger partial charge >= 0.3 is 6.09 Å². The number of hydrogen-bond donors (Lipinski definition) is 1. The minimum Gasteiger partial charge on any atom is -0.322 e. The van der Waals surface area contributed by atoms with E-state index in [0.717, 1.165) is 24.8 Å². The molecule has 4 rings (SSSR count). The predicted octanol–water partition coefficient (Wildman–Crippen LogP) is 2.59. The number of nitrogens with zero attached hydrogens (tertiary/aromatic N) is 3. The minimum atomic E-state index is -0.660. The number of imide groups is 1. The number of carbonyl (C=O) groups excluding carboxylic acids is 4. The number of hydroxylamine groups is 1. The summed E-state index contributed by atoms with van der Waals surface area (Å²) in [4.78, 5) is 58.5. The maximum atomic E-state index is 12.9. The van der Waals surface area contributed by atoms with Crippen molar-refractivity contribution in [1.82, 2.24) is 15.1 Å². The van der Waals surface area contributed by atoms with Gasteiger partial charge in [-0.25, -0.2) is 4.79 Å². The second-order valence-electron chi connectivity index (χ2n) is 9.61. The van der Waals surface area contributed by atoms with Crippen molar-refractivity contribution in [2.75, 3.05) is 18.2 Å². The van der Waals surface area contributed by atoms with E-state index in [4.69, 9.17) is 4.84 Å². The van der Waals surface area contributed by atoms with E-state index in [1.54, 1.807) is 22.1 Å². The summed E-state index contributed by atoms with van der Waals surface area (Å²) in [5.74, 6) is -0.975. The molecule has 3 aliphatic heterocycles. The molecule has 0 aromatic heterocycles. The molecule has 9 heteroatoms. The largest absolute Gasteiger partial charge is 0.434 e. The maximum Gasteiger partial charge on any atom is 0.434 e. The fraction of sp³-hybridized carbons (Fsp3) is 0.565. The van der Waals surface area contributed by atoms with Gasteiger partial charge in [0.1, 0.15) is 6.04 Å². The van der Waals surface area contributed by atoms with Gasteiger partial charge < -0.3 is 14.6 Å². The zero-order chi connectivity index (χ0) is 23.0. The smallest absolute Gasteiger partial charge is 0.322 e. The molecule has 1 atom stereocenters. The molecule has 1 aromatic rings. The summed E-state index contributed by atoms with van der Waals surface area (Å²) in [7, 11) is 0. The number of fused-ring (bicyclic) bond motifs is 1. The summed E-state index contributed by atoms with van der Waals surface area (Å²) in [5.41, 5.74) is 1.45. The molecular weight excluding hydrogens is 412 g/mol. The van der Waals surface area contributed by atoms with Crippen molar-refractivity contribution in [3.05, 3.63) is 29.3 Å². The number of benzene rings is 1. The number of amides is 4. The average molecular weight is 443 g/mol. The number of piperidine rings is 2. The fourth-order valence-corrected chi connectivity index (χ4v) is 4.48. The van der Waals surface area contributed by atoms with Gasteiger partial charge in [-0.2, -0.15) is 5.06 Å². The molecular formula is C23H30N4O5. The number of hydrogen-bond acceptors (Lipinski definition) is 6. The minimum absolute atomic E-state index is 0.214. The summed E-state index contributed by atoms with van der Waals surface area (Å²) >= 11 is 0. The fourth-order valence-electron chi connectivity index (χ4n) is 4.48. The van der Waals surface area contributed by atoms with Crippen LogP contribution >= 0.6 is 0 Å². The standard InChI is InChI=1S/C23H30N4O5/c1-23(2,3)27(32-22(31)25-11-5-4-6-12-25)16-7-8-17-15(13-16)14-26(21(17)30)18-9-10-19(28)24-20(18)29/h7-8,13,18H,4-6,9-12,14H2,1-3H3,(H,24,28,29). The monoisotopic (exact) mass is 442 g/mol. The number of likely N-dealkylation sites (tertiary alicyclic amines) is 1. The molecule has 1 unspecified atom stereocenters. The highest BCUT2D eigenvalue weighted by molar-refractivity contribution is 6.05. The first-order valence-corrected chi connectivity index (χ1v) is 11.2. The third-order valence-electron chi connectivity index (χ3n) is 6.13. The van der Waals surface area contributed by atoms with Crippen molar-refractivity contribution in [2.45, 2.75) is 71.0 Å². The van der Waals surface area contributed by atoms with Gasteiger partial charge in [0.15, 0.2) is 0 Å². The third kappa shape index (κ3) is 4.28. The van der Waals surface area contributed by atoms with Crippen LogP contribution in [0, 0.1) is 0 Å². The molecule has 0 spiro atoms. The van der Waals surface area contributed by atoms with Crippen LogP contribution in [0.25, 0.3) is 0 Å². The van der Waals surface area contributed by atoms with Gasteiger partial charge in [-0.1, -0.05) is 0 Å². The third-order valence-corrected chi connectivity index (χ3v) is 6.13. The number of rotatable bonds is 3. The molecule has 3 aliphatic rings. The zero-order valence-corrected chi connectivity index (χ0v) is 18.8. The molecule has 0 bridgehead atoms. The molecule has 0 saturated carbocycles. The Kier molecular flexibility index (Phi) is 5.83. The Morgan fingerprint density at radius 3 is 2.50 bits per heavy atom. The Balaban J connectivity index is 1.55. The number of carbonyl (C=O) groups is 4. The number of anilines is 1. The van der Waals surface area contributed by atoms with Crippen LogP contribution in [0.4, 0.5) is 10.5 Å². The molecule has 3 heterocycles. The Hall–Kier alpha value is -3.10. The van der Waals surface area contributed by atoms with E-state index in [0.29, 0.717) is 30.8 Å². The second kappa shape index (κ2) is 8.44. The summed E-state index contributed by atoms with van der Waals surface area (Å²) in [5, 5.41) is 3.90. The van der Waals surface area contributed by atoms with Gasteiger partial charge in [0.2, 0.25) is 11.8 Å². The molecule has 2 saturated heterocycles. The summed E-state index contributed by atoms with van der Waals surface area (Å²) < 4.78 is 0. The topological polar surface area (TPSA) is 99.3 Å². The van der Waals surface area contributed by atoms with Crippen molar-refractivity contribution < 1.29 is 24.0 Å². The first-order chi connectivity index (χ1) is 15.1. The van der Waals surface area contributed by atoms with Crippen LogP contribution in [0.1, 0.15) is 68.8 Å². The van der Waals surface area contributed by atoms with Crippen LogP contribution in [-0.4, -0.2) is 58.3 Å². The highest BCUT2D eigenvalue weighted by Crippen LogP contribution is 2.33. The molecule has 0 aliphatic carbocycles. The SMILES string of the molecule is CC(C)(C)N(OC(=O)N1CCCCC1)c1ccc2c(c1)CN(C1CCC(=O)NC1=O)C2=O. The van der Waals surface area contributed by atoms with E-state index in [2.05, 4.69) is 5.32 Å². The average Bonchev–Trinajstić information content (AvgIpc) is 3.07. The lowest BCUT2D eigenvalue weighted by atomic mass is 10.0. The van der Waals surface area contributed by atoms with E-state index in [9.17, 15) is 19.2 Å². The molecule has 172 valence electrons. The van der Waals surface area contributed by atoms with E-state index in [-0.39, 0.29) is 30.9 Å². The molecule has 9 nitrogen and oxygen atoms in total. The number of nitrogens with one attached hydrogen (secondary N) is 1. The lowest BCUT2D eigenvalue weighted by molar-refractivity contribution is -0.136. The molecule has 1 aromatic carbocycles. The van der Waals surface area contributed by atoms with Crippen LogP contribution in [-0.2, 0) is 21.0 Å². The molecule has 4 amide bonds. The maximum absolute atomic E-state index is 12.9. The molecule has 2 fully saturated rings. The van der Waals surface area contributed by atoms with Crippen LogP contribution in [0.5, 0.6) is 0 Å². The summed E-state index contributed by atoms with van der Waals surface area (Å²) in [6, 6.07) is 4.66. The summed E-state index contributed by atoms with van der Waals surface area (Å²) in [6.07, 6.45) is 3.23. The van der Waals surface area contributed by atoms with Gasteiger partial charge in [-0.15, -0.1) is 0 Å². The van der Waals surface area contributed by atoms with Gasteiger partial charge in [0.25, 0.3) is 5.91 Å². The van der Waals surface area contributed by atoms with Gasteiger partial charge in [-0.05, 0) is 70.2 Å². The van der Waals surface area contributed by atoms with E-state index in [1.165, 1.54) is 4.90 Å². The zero-order valence-electron chi connectivity index (χ0n) is 18.8. The van der Waals surface area contributed by atoms with E-state index in [1.807, 2.05) is 26.8 Å². The van der Waals surface area contributed by atoms with E-state index >= 15 is 0 Å².